The number of nitrogens with one attached hydrogen (secondary N) is 1. The van der Waals surface area contributed by atoms with Crippen LogP contribution in [0.4, 0.5) is 11.5 Å². The molecule has 0 fully saturated rings. The second kappa shape index (κ2) is 7.10. The van der Waals surface area contributed by atoms with Crippen molar-refractivity contribution in [2.24, 2.45) is 0 Å². The molecule has 0 aliphatic heterocycles. The van der Waals surface area contributed by atoms with Gasteiger partial charge < -0.3 is 10.5 Å². The molecule has 8 nitrogen and oxygen atoms in total. The number of fused-ring (bicyclic) bond motifs is 1. The minimum atomic E-state index is -3.72. The van der Waals surface area contributed by atoms with E-state index in [2.05, 4.69) is 14.8 Å². The molecule has 0 atom stereocenters. The highest BCUT2D eigenvalue weighted by Crippen LogP contribution is 2.30. The van der Waals surface area contributed by atoms with Crippen LogP contribution >= 0.6 is 0 Å². The Morgan fingerprint density at radius 3 is 2.52 bits per heavy atom. The summed E-state index contributed by atoms with van der Waals surface area (Å²) in [6, 6.07) is 13.2. The number of sulfonamides is 1. The van der Waals surface area contributed by atoms with Gasteiger partial charge in [0.2, 0.25) is 0 Å². The lowest BCUT2D eigenvalue weighted by molar-refractivity contribution is 0.414. The molecule has 0 saturated heterocycles. The molecule has 0 unspecified atom stereocenters. The summed E-state index contributed by atoms with van der Waals surface area (Å²) in [6.45, 7) is 1.88. The molecule has 148 valence electrons. The number of nitrogen functional groups attached to an aromatic ring is 1. The number of aryl methyl sites for hydroxylation is 1. The zero-order valence-electron chi connectivity index (χ0n) is 15.8. The average molecular weight is 409 g/mol. The standard InChI is InChI=1S/C20H19N5O3S/c1-13-11-14(24-29(26,27)16-6-4-15(28-2)5-7-16)3-8-17(13)18-12-22-19-9-10-23-25(19)20(18)21/h3-12,24H,21H2,1-2H3. The van der Waals surface area contributed by atoms with Crippen LogP contribution in [0.25, 0.3) is 16.8 Å². The van der Waals surface area contributed by atoms with E-state index in [-0.39, 0.29) is 4.90 Å². The van der Waals surface area contributed by atoms with Crippen LogP contribution in [0.1, 0.15) is 5.56 Å². The number of hydrogen-bond donors (Lipinski definition) is 2. The summed E-state index contributed by atoms with van der Waals surface area (Å²) >= 11 is 0. The van der Waals surface area contributed by atoms with Crippen molar-refractivity contribution in [3.05, 3.63) is 66.5 Å². The molecule has 0 amide bonds. The first-order valence-corrected chi connectivity index (χ1v) is 10.2. The van der Waals surface area contributed by atoms with Gasteiger partial charge in [0.05, 0.1) is 18.2 Å². The molecule has 4 aromatic rings. The van der Waals surface area contributed by atoms with Crippen LogP contribution < -0.4 is 15.2 Å². The second-order valence-corrected chi connectivity index (χ2v) is 8.15. The predicted octanol–water partition coefficient (Wildman–Crippen LogP) is 3.10. The van der Waals surface area contributed by atoms with E-state index in [0.717, 1.165) is 16.7 Å². The third kappa shape index (κ3) is 3.47. The summed E-state index contributed by atoms with van der Waals surface area (Å²) < 4.78 is 34.5. The number of nitrogens with two attached hydrogens (primary N) is 1. The van der Waals surface area contributed by atoms with Crippen LogP contribution in [0.5, 0.6) is 5.75 Å². The van der Waals surface area contributed by atoms with Crippen molar-refractivity contribution in [1.29, 1.82) is 0 Å². The van der Waals surface area contributed by atoms with Crippen LogP contribution in [0.2, 0.25) is 0 Å². The molecule has 29 heavy (non-hydrogen) atoms. The van der Waals surface area contributed by atoms with Gasteiger partial charge in [0.1, 0.15) is 11.6 Å². The minimum Gasteiger partial charge on any atom is -0.497 e. The molecule has 0 bridgehead atoms. The SMILES string of the molecule is COc1ccc(S(=O)(=O)Nc2ccc(-c3cnc4ccnn4c3N)c(C)c2)cc1. The summed E-state index contributed by atoms with van der Waals surface area (Å²) in [5.41, 5.74) is 9.77. The van der Waals surface area contributed by atoms with E-state index in [0.29, 0.717) is 22.9 Å². The number of methoxy groups -OCH3 is 1. The summed E-state index contributed by atoms with van der Waals surface area (Å²) in [7, 11) is -2.19. The maximum atomic E-state index is 12.6. The molecule has 2 heterocycles. The number of ether oxygens (including phenoxy) is 1. The lowest BCUT2D eigenvalue weighted by Crippen LogP contribution is -2.13. The van der Waals surface area contributed by atoms with Crippen LogP contribution in [0, 0.1) is 6.92 Å². The predicted molar refractivity (Wildman–Crippen MR) is 111 cm³/mol. The Hall–Kier alpha value is -3.59. The minimum absolute atomic E-state index is 0.151. The van der Waals surface area contributed by atoms with Gasteiger partial charge in [-0.3, -0.25) is 4.72 Å². The molecule has 3 N–H and O–H groups in total. The van der Waals surface area contributed by atoms with Crippen molar-refractivity contribution in [3.8, 4) is 16.9 Å². The van der Waals surface area contributed by atoms with Crippen molar-refractivity contribution in [1.82, 2.24) is 14.6 Å². The first-order chi connectivity index (χ1) is 13.9. The number of hydrogen-bond acceptors (Lipinski definition) is 6. The number of benzene rings is 2. The first-order valence-electron chi connectivity index (χ1n) is 8.75. The molecular weight excluding hydrogens is 390 g/mol. The fourth-order valence-electron chi connectivity index (χ4n) is 3.10. The van der Waals surface area contributed by atoms with Crippen LogP contribution in [-0.2, 0) is 10.0 Å². The maximum absolute atomic E-state index is 12.6. The number of rotatable bonds is 5. The van der Waals surface area contributed by atoms with E-state index in [1.54, 1.807) is 47.2 Å². The lowest BCUT2D eigenvalue weighted by atomic mass is 10.0. The van der Waals surface area contributed by atoms with Gasteiger partial charge in [-0.1, -0.05) is 6.07 Å². The van der Waals surface area contributed by atoms with E-state index in [4.69, 9.17) is 10.5 Å². The lowest BCUT2D eigenvalue weighted by Gasteiger charge is -2.13. The van der Waals surface area contributed by atoms with Crippen LogP contribution in [0.15, 0.2) is 65.8 Å². The Labute approximate surface area is 168 Å². The third-order valence-electron chi connectivity index (χ3n) is 4.59. The Bertz CT molecular complexity index is 1300. The first kappa shape index (κ1) is 18.8. The smallest absolute Gasteiger partial charge is 0.261 e. The van der Waals surface area contributed by atoms with E-state index in [1.807, 2.05) is 13.0 Å². The molecular formula is C20H19N5O3S. The zero-order valence-corrected chi connectivity index (χ0v) is 16.6. The normalized spacial score (nSPS) is 11.5. The second-order valence-electron chi connectivity index (χ2n) is 6.47. The van der Waals surface area contributed by atoms with E-state index in [1.165, 1.54) is 19.2 Å². The largest absolute Gasteiger partial charge is 0.497 e. The Morgan fingerprint density at radius 2 is 1.83 bits per heavy atom. The molecule has 0 saturated carbocycles. The fraction of sp³-hybridized carbons (Fsp3) is 0.100. The number of anilines is 2. The van der Waals surface area contributed by atoms with Crippen LogP contribution in [0.3, 0.4) is 0 Å². The van der Waals surface area contributed by atoms with Gasteiger partial charge >= 0.3 is 0 Å². The maximum Gasteiger partial charge on any atom is 0.261 e. The van der Waals surface area contributed by atoms with Gasteiger partial charge in [0.15, 0.2) is 5.65 Å². The van der Waals surface area contributed by atoms with Crippen molar-refractivity contribution in [3.63, 3.8) is 0 Å². The zero-order chi connectivity index (χ0) is 20.6. The monoisotopic (exact) mass is 409 g/mol. The highest BCUT2D eigenvalue weighted by Gasteiger charge is 2.16. The average Bonchev–Trinajstić information content (AvgIpc) is 3.18. The highest BCUT2D eigenvalue weighted by molar-refractivity contribution is 7.92. The van der Waals surface area contributed by atoms with Crippen molar-refractivity contribution in [2.75, 3.05) is 17.6 Å². The van der Waals surface area contributed by atoms with E-state index in [9.17, 15) is 8.42 Å². The van der Waals surface area contributed by atoms with Crippen molar-refractivity contribution in [2.45, 2.75) is 11.8 Å². The summed E-state index contributed by atoms with van der Waals surface area (Å²) in [5.74, 6) is 1.05. The Balaban J connectivity index is 1.65. The molecule has 0 spiro atoms. The number of nitrogens with zero attached hydrogens (tertiary/aromatic N) is 3. The number of aromatic nitrogens is 3. The molecule has 0 aliphatic rings. The fourth-order valence-corrected chi connectivity index (χ4v) is 4.15. The highest BCUT2D eigenvalue weighted by atomic mass is 32.2. The molecule has 0 radical (unpaired) electrons. The summed E-state index contributed by atoms with van der Waals surface area (Å²) in [6.07, 6.45) is 3.32. The van der Waals surface area contributed by atoms with Crippen molar-refractivity contribution < 1.29 is 13.2 Å². The van der Waals surface area contributed by atoms with Gasteiger partial charge in [-0.05, 0) is 54.4 Å². The molecule has 4 rings (SSSR count). The summed E-state index contributed by atoms with van der Waals surface area (Å²) in [5, 5.41) is 4.17. The topological polar surface area (TPSA) is 112 Å². The van der Waals surface area contributed by atoms with E-state index < -0.39 is 10.0 Å². The molecule has 2 aromatic heterocycles. The van der Waals surface area contributed by atoms with Gasteiger partial charge in [-0.25, -0.2) is 13.4 Å². The Kier molecular flexibility index (Phi) is 4.59. The van der Waals surface area contributed by atoms with Gasteiger partial charge in [0, 0.05) is 23.5 Å². The van der Waals surface area contributed by atoms with Gasteiger partial charge in [-0.15, -0.1) is 0 Å². The van der Waals surface area contributed by atoms with Gasteiger partial charge in [0.25, 0.3) is 10.0 Å². The van der Waals surface area contributed by atoms with E-state index >= 15 is 0 Å². The quantitative estimate of drug-likeness (QED) is 0.524. The molecule has 9 heteroatoms. The molecule has 2 aromatic carbocycles. The summed E-state index contributed by atoms with van der Waals surface area (Å²) in [4.78, 5) is 4.50. The van der Waals surface area contributed by atoms with Crippen molar-refractivity contribution >= 4 is 27.2 Å². The van der Waals surface area contributed by atoms with Gasteiger partial charge in [-0.2, -0.15) is 9.61 Å². The third-order valence-corrected chi connectivity index (χ3v) is 5.99. The van der Waals surface area contributed by atoms with Crippen LogP contribution in [-0.4, -0.2) is 30.1 Å². The molecule has 0 aliphatic carbocycles. The Morgan fingerprint density at radius 1 is 1.07 bits per heavy atom.